The van der Waals surface area contributed by atoms with Gasteiger partial charge in [0, 0.05) is 5.56 Å². The van der Waals surface area contributed by atoms with Crippen LogP contribution in [0.1, 0.15) is 21.3 Å². The normalized spacial score (nSPS) is 16.2. The molecule has 3 heterocycles. The number of fused-ring (bicyclic) bond motifs is 1. The number of anilines is 1. The zero-order valence-corrected chi connectivity index (χ0v) is 18.2. The van der Waals surface area contributed by atoms with E-state index < -0.39 is 29.3 Å². The number of ether oxygens (including phenoxy) is 1. The third-order valence-corrected chi connectivity index (χ3v) is 7.06. The van der Waals surface area contributed by atoms with Crippen molar-refractivity contribution in [2.45, 2.75) is 6.04 Å². The number of aromatic nitrogens is 1. The number of halogens is 1. The third-order valence-electron chi connectivity index (χ3n) is 5.18. The number of aliphatic hydroxyl groups excluding tert-OH is 1. The summed E-state index contributed by atoms with van der Waals surface area (Å²) in [6, 6.07) is 13.5. The molecule has 2 aromatic heterocycles. The second kappa shape index (κ2) is 7.85. The molecule has 0 saturated heterocycles. The molecule has 0 unspecified atom stereocenters. The number of benzene rings is 2. The van der Waals surface area contributed by atoms with E-state index in [0.29, 0.717) is 26.4 Å². The van der Waals surface area contributed by atoms with Gasteiger partial charge in [-0.3, -0.25) is 14.5 Å². The Morgan fingerprint density at radius 2 is 2.00 bits per heavy atom. The Hall–Kier alpha value is -3.56. The second-order valence-corrected chi connectivity index (χ2v) is 8.95. The van der Waals surface area contributed by atoms with E-state index >= 15 is 0 Å². The SMILES string of the molecule is COc1ccccc1[C@H]1C(C(=O)c2cccs2)=C(O)C(=O)N1c1nc2ccc(F)cc2s1. The number of para-hydroxylation sites is 1. The molecule has 32 heavy (non-hydrogen) atoms. The van der Waals surface area contributed by atoms with Crippen molar-refractivity contribution in [1.82, 2.24) is 4.98 Å². The van der Waals surface area contributed by atoms with Gasteiger partial charge >= 0.3 is 0 Å². The first-order valence-electron chi connectivity index (χ1n) is 9.53. The lowest BCUT2D eigenvalue weighted by Crippen LogP contribution is -2.31. The zero-order valence-electron chi connectivity index (χ0n) is 16.6. The monoisotopic (exact) mass is 466 g/mol. The van der Waals surface area contributed by atoms with Gasteiger partial charge in [0.1, 0.15) is 17.6 Å². The lowest BCUT2D eigenvalue weighted by atomic mass is 9.95. The molecule has 0 fully saturated rings. The summed E-state index contributed by atoms with van der Waals surface area (Å²) in [4.78, 5) is 32.7. The highest BCUT2D eigenvalue weighted by molar-refractivity contribution is 7.22. The van der Waals surface area contributed by atoms with E-state index in [1.54, 1.807) is 41.8 Å². The van der Waals surface area contributed by atoms with E-state index in [4.69, 9.17) is 4.74 Å². The van der Waals surface area contributed by atoms with Gasteiger partial charge in [-0.2, -0.15) is 0 Å². The number of nitrogens with zero attached hydrogens (tertiary/aromatic N) is 2. The molecule has 1 N–H and O–H groups in total. The van der Waals surface area contributed by atoms with E-state index in [-0.39, 0.29) is 10.7 Å². The summed E-state index contributed by atoms with van der Waals surface area (Å²) in [5, 5.41) is 12.8. The van der Waals surface area contributed by atoms with Crippen LogP contribution in [0.15, 0.2) is 71.3 Å². The summed E-state index contributed by atoms with van der Waals surface area (Å²) in [5.74, 6) is -1.80. The number of methoxy groups -OCH3 is 1. The van der Waals surface area contributed by atoms with Crippen LogP contribution in [-0.2, 0) is 4.79 Å². The first-order valence-corrected chi connectivity index (χ1v) is 11.2. The van der Waals surface area contributed by atoms with Crippen molar-refractivity contribution in [3.8, 4) is 5.75 Å². The number of Topliss-reactive ketones (excluding diaryl/α,β-unsaturated/α-hetero) is 1. The number of thiazole rings is 1. The molecule has 160 valence electrons. The van der Waals surface area contributed by atoms with Crippen LogP contribution in [0.5, 0.6) is 5.75 Å². The molecule has 0 radical (unpaired) electrons. The summed E-state index contributed by atoms with van der Waals surface area (Å²) in [6.45, 7) is 0. The lowest BCUT2D eigenvalue weighted by molar-refractivity contribution is -0.117. The molecule has 1 atom stereocenters. The highest BCUT2D eigenvalue weighted by Crippen LogP contribution is 2.46. The van der Waals surface area contributed by atoms with Crippen LogP contribution in [-0.4, -0.2) is 28.9 Å². The highest BCUT2D eigenvalue weighted by atomic mass is 32.1. The summed E-state index contributed by atoms with van der Waals surface area (Å²) in [6.07, 6.45) is 0. The van der Waals surface area contributed by atoms with Crippen LogP contribution in [0, 0.1) is 5.82 Å². The average Bonchev–Trinajstić information content (AvgIpc) is 3.52. The van der Waals surface area contributed by atoms with Crippen LogP contribution < -0.4 is 9.64 Å². The van der Waals surface area contributed by atoms with Gasteiger partial charge in [-0.15, -0.1) is 11.3 Å². The predicted molar refractivity (Wildman–Crippen MR) is 121 cm³/mol. The van der Waals surface area contributed by atoms with Crippen molar-refractivity contribution >= 4 is 49.7 Å². The molecule has 6 nitrogen and oxygen atoms in total. The maximum absolute atomic E-state index is 13.7. The van der Waals surface area contributed by atoms with Crippen molar-refractivity contribution in [3.05, 3.63) is 87.6 Å². The number of carbonyl (C=O) groups excluding carboxylic acids is 2. The van der Waals surface area contributed by atoms with Crippen LogP contribution >= 0.6 is 22.7 Å². The van der Waals surface area contributed by atoms with Crippen LogP contribution in [0.25, 0.3) is 10.2 Å². The minimum Gasteiger partial charge on any atom is -0.503 e. The lowest BCUT2D eigenvalue weighted by Gasteiger charge is -2.25. The molecule has 9 heteroatoms. The van der Waals surface area contributed by atoms with Crippen LogP contribution in [0.4, 0.5) is 9.52 Å². The fraction of sp³-hybridized carbons (Fsp3) is 0.0870. The molecule has 1 aliphatic heterocycles. The van der Waals surface area contributed by atoms with E-state index in [0.717, 1.165) is 11.3 Å². The maximum Gasteiger partial charge on any atom is 0.296 e. The average molecular weight is 467 g/mol. The van der Waals surface area contributed by atoms with E-state index in [1.165, 1.54) is 41.5 Å². The summed E-state index contributed by atoms with van der Waals surface area (Å²) in [5.41, 5.74) is 0.987. The molecule has 0 bridgehead atoms. The number of aliphatic hydroxyl groups is 1. The Bertz CT molecular complexity index is 1390. The minimum atomic E-state index is -0.960. The molecule has 5 rings (SSSR count). The molecule has 2 aromatic carbocycles. The molecule has 1 aliphatic rings. The predicted octanol–water partition coefficient (Wildman–Crippen LogP) is 5.29. The van der Waals surface area contributed by atoms with Crippen molar-refractivity contribution in [2.75, 3.05) is 12.0 Å². The van der Waals surface area contributed by atoms with Crippen molar-refractivity contribution in [3.63, 3.8) is 0 Å². The molecule has 0 saturated carbocycles. The van der Waals surface area contributed by atoms with E-state index in [1.807, 2.05) is 0 Å². The zero-order chi connectivity index (χ0) is 22.4. The van der Waals surface area contributed by atoms with Crippen LogP contribution in [0.3, 0.4) is 0 Å². The van der Waals surface area contributed by atoms with Crippen molar-refractivity contribution in [2.24, 2.45) is 0 Å². The number of amides is 1. The number of thiophene rings is 1. The topological polar surface area (TPSA) is 79.7 Å². The molecule has 4 aromatic rings. The minimum absolute atomic E-state index is 0.0487. The van der Waals surface area contributed by atoms with Crippen molar-refractivity contribution < 1.29 is 23.8 Å². The van der Waals surface area contributed by atoms with E-state index in [9.17, 15) is 19.1 Å². The second-order valence-electron chi connectivity index (χ2n) is 7.00. The molecule has 0 spiro atoms. The van der Waals surface area contributed by atoms with Gasteiger partial charge in [0.05, 0.1) is 27.8 Å². The number of rotatable bonds is 5. The summed E-state index contributed by atoms with van der Waals surface area (Å²) < 4.78 is 19.8. The smallest absolute Gasteiger partial charge is 0.296 e. The highest BCUT2D eigenvalue weighted by Gasteiger charge is 2.47. The number of ketones is 1. The van der Waals surface area contributed by atoms with Gasteiger partial charge in [-0.25, -0.2) is 9.37 Å². The number of hydrogen-bond donors (Lipinski definition) is 1. The van der Waals surface area contributed by atoms with Gasteiger partial charge in [-0.1, -0.05) is 35.6 Å². The van der Waals surface area contributed by atoms with Gasteiger partial charge < -0.3 is 9.84 Å². The first kappa shape index (κ1) is 20.3. The third kappa shape index (κ3) is 3.17. The Morgan fingerprint density at radius 1 is 1.19 bits per heavy atom. The molecule has 1 amide bonds. The maximum atomic E-state index is 13.7. The van der Waals surface area contributed by atoms with Gasteiger partial charge in [0.15, 0.2) is 10.9 Å². The summed E-state index contributed by atoms with van der Waals surface area (Å²) >= 11 is 2.32. The Labute approximate surface area is 189 Å². The Morgan fingerprint density at radius 3 is 2.75 bits per heavy atom. The van der Waals surface area contributed by atoms with Crippen LogP contribution in [0.2, 0.25) is 0 Å². The summed E-state index contributed by atoms with van der Waals surface area (Å²) in [7, 11) is 1.49. The fourth-order valence-electron chi connectivity index (χ4n) is 3.75. The Kier molecular flexibility index (Phi) is 4.99. The quantitative estimate of drug-likeness (QED) is 0.405. The van der Waals surface area contributed by atoms with Gasteiger partial charge in [0.25, 0.3) is 5.91 Å². The Balaban J connectivity index is 1.72. The van der Waals surface area contributed by atoms with Gasteiger partial charge in [-0.05, 0) is 35.7 Å². The standard InChI is InChI=1S/C23H15FN2O4S2/c1-30-15-6-3-2-5-13(15)19-18(20(27)16-7-4-10-31-16)21(28)22(29)26(19)23-25-14-9-8-12(24)11-17(14)32-23/h2-11,19,28H,1H3/t19-/m0/s1. The number of carbonyl (C=O) groups is 2. The molecular formula is C23H15FN2O4S2. The number of hydrogen-bond acceptors (Lipinski definition) is 7. The fourth-order valence-corrected chi connectivity index (χ4v) is 5.45. The molecule has 0 aliphatic carbocycles. The largest absolute Gasteiger partial charge is 0.503 e. The van der Waals surface area contributed by atoms with Gasteiger partial charge in [0.2, 0.25) is 5.78 Å². The van der Waals surface area contributed by atoms with E-state index in [2.05, 4.69) is 4.98 Å². The first-order chi connectivity index (χ1) is 15.5. The molecular weight excluding hydrogens is 451 g/mol. The van der Waals surface area contributed by atoms with Crippen molar-refractivity contribution in [1.29, 1.82) is 0 Å².